The summed E-state index contributed by atoms with van der Waals surface area (Å²) in [5.74, 6) is -0.142. The number of aromatic amines is 1. The summed E-state index contributed by atoms with van der Waals surface area (Å²) < 4.78 is 2.93. The van der Waals surface area contributed by atoms with E-state index in [-0.39, 0.29) is 24.0 Å². The van der Waals surface area contributed by atoms with Crippen molar-refractivity contribution in [3.63, 3.8) is 0 Å². The van der Waals surface area contributed by atoms with Gasteiger partial charge in [0.2, 0.25) is 0 Å². The van der Waals surface area contributed by atoms with Gasteiger partial charge in [-0.2, -0.15) is 5.10 Å². The molecule has 9 nitrogen and oxygen atoms in total. The van der Waals surface area contributed by atoms with Crippen LogP contribution in [-0.4, -0.2) is 31.8 Å². The van der Waals surface area contributed by atoms with Crippen LogP contribution in [0.3, 0.4) is 0 Å². The van der Waals surface area contributed by atoms with E-state index in [2.05, 4.69) is 10.1 Å². The highest BCUT2D eigenvalue weighted by molar-refractivity contribution is 6.31. The standard InChI is InChI=1S/C24H31ClN6O3/c1-4-5-11-31-21(26)20(22(32)28-24(31)34)30(12-10-16(2)3)23(33)18-13-27-29(15-18)14-17-8-6-7-9-19(17)25/h6-9,13,15-16H,4-5,10-12,14,26H2,1-3H3,(H,28,32,34). The Labute approximate surface area is 203 Å². The number of amides is 1. The van der Waals surface area contributed by atoms with Gasteiger partial charge in [0.15, 0.2) is 5.69 Å². The van der Waals surface area contributed by atoms with Crippen LogP contribution in [-0.2, 0) is 13.1 Å². The molecule has 0 fully saturated rings. The van der Waals surface area contributed by atoms with Crippen LogP contribution in [0.25, 0.3) is 0 Å². The molecule has 0 saturated heterocycles. The predicted molar refractivity (Wildman–Crippen MR) is 135 cm³/mol. The fourth-order valence-electron chi connectivity index (χ4n) is 3.60. The van der Waals surface area contributed by atoms with Gasteiger partial charge in [-0.1, -0.05) is 57.0 Å². The second-order valence-electron chi connectivity index (χ2n) is 8.66. The lowest BCUT2D eigenvalue weighted by Crippen LogP contribution is -2.42. The van der Waals surface area contributed by atoms with E-state index in [9.17, 15) is 14.4 Å². The quantitative estimate of drug-likeness (QED) is 0.454. The van der Waals surface area contributed by atoms with E-state index in [1.807, 2.05) is 39.0 Å². The highest BCUT2D eigenvalue weighted by Gasteiger charge is 2.26. The number of nitrogens with zero attached hydrogens (tertiary/aromatic N) is 4. The first-order valence-electron chi connectivity index (χ1n) is 11.4. The first-order chi connectivity index (χ1) is 16.2. The molecule has 0 aliphatic rings. The maximum absolute atomic E-state index is 13.6. The van der Waals surface area contributed by atoms with Crippen molar-refractivity contribution in [2.45, 2.75) is 53.1 Å². The number of carbonyl (C=O) groups excluding carboxylic acids is 1. The summed E-state index contributed by atoms with van der Waals surface area (Å²) in [6.07, 6.45) is 5.28. The molecule has 1 amide bonds. The van der Waals surface area contributed by atoms with E-state index in [1.165, 1.54) is 15.7 Å². The first-order valence-corrected chi connectivity index (χ1v) is 11.8. The van der Waals surface area contributed by atoms with Crippen LogP contribution in [0.4, 0.5) is 11.5 Å². The molecule has 0 saturated carbocycles. The minimum Gasteiger partial charge on any atom is -0.383 e. The number of hydrogen-bond donors (Lipinski definition) is 2. The van der Waals surface area contributed by atoms with Crippen molar-refractivity contribution >= 4 is 29.0 Å². The molecular weight excluding hydrogens is 456 g/mol. The molecule has 34 heavy (non-hydrogen) atoms. The highest BCUT2D eigenvalue weighted by atomic mass is 35.5. The topological polar surface area (TPSA) is 119 Å². The fraction of sp³-hybridized carbons (Fsp3) is 0.417. The van der Waals surface area contributed by atoms with Gasteiger partial charge in [-0.05, 0) is 30.4 Å². The Balaban J connectivity index is 1.98. The molecule has 0 unspecified atom stereocenters. The molecule has 0 aliphatic carbocycles. The number of hydrogen-bond acceptors (Lipinski definition) is 5. The molecule has 2 aromatic heterocycles. The average molecular weight is 487 g/mol. The zero-order valence-corrected chi connectivity index (χ0v) is 20.5. The molecule has 0 aliphatic heterocycles. The molecule has 0 atom stereocenters. The van der Waals surface area contributed by atoms with Gasteiger partial charge in [0.05, 0.1) is 18.3 Å². The molecule has 0 bridgehead atoms. The third-order valence-electron chi connectivity index (χ3n) is 5.56. The van der Waals surface area contributed by atoms with E-state index >= 15 is 0 Å². The number of nitrogens with two attached hydrogens (primary N) is 1. The van der Waals surface area contributed by atoms with Gasteiger partial charge >= 0.3 is 5.69 Å². The molecular formula is C24H31ClN6O3. The Hall–Kier alpha value is -3.33. The van der Waals surface area contributed by atoms with E-state index in [4.69, 9.17) is 17.3 Å². The van der Waals surface area contributed by atoms with Crippen LogP contribution in [0.5, 0.6) is 0 Å². The van der Waals surface area contributed by atoms with Gasteiger partial charge in [-0.25, -0.2) is 4.79 Å². The third kappa shape index (κ3) is 5.77. The van der Waals surface area contributed by atoms with Crippen molar-refractivity contribution in [2.75, 3.05) is 17.2 Å². The zero-order valence-electron chi connectivity index (χ0n) is 19.8. The van der Waals surface area contributed by atoms with E-state index in [0.717, 1.165) is 12.0 Å². The van der Waals surface area contributed by atoms with Crippen molar-refractivity contribution in [3.8, 4) is 0 Å². The molecule has 3 N–H and O–H groups in total. The number of unbranched alkanes of at least 4 members (excludes halogenated alkanes) is 1. The Bertz CT molecular complexity index is 1260. The zero-order chi connectivity index (χ0) is 24.8. The molecule has 182 valence electrons. The summed E-state index contributed by atoms with van der Waals surface area (Å²) in [4.78, 5) is 42.4. The fourth-order valence-corrected chi connectivity index (χ4v) is 3.79. The van der Waals surface area contributed by atoms with Gasteiger partial charge in [-0.15, -0.1) is 0 Å². The maximum Gasteiger partial charge on any atom is 0.330 e. The lowest BCUT2D eigenvalue weighted by molar-refractivity contribution is 0.0985. The number of aromatic nitrogens is 4. The normalized spacial score (nSPS) is 11.2. The number of benzene rings is 1. The van der Waals surface area contributed by atoms with Crippen molar-refractivity contribution in [2.24, 2.45) is 5.92 Å². The summed E-state index contributed by atoms with van der Waals surface area (Å²) in [6, 6.07) is 7.41. The van der Waals surface area contributed by atoms with Gasteiger partial charge in [-0.3, -0.25) is 23.8 Å². The van der Waals surface area contributed by atoms with Crippen LogP contribution in [0, 0.1) is 5.92 Å². The van der Waals surface area contributed by atoms with Crippen molar-refractivity contribution in [1.82, 2.24) is 19.3 Å². The smallest absolute Gasteiger partial charge is 0.330 e. The van der Waals surface area contributed by atoms with Gasteiger partial charge in [0.25, 0.3) is 11.5 Å². The van der Waals surface area contributed by atoms with Crippen molar-refractivity contribution in [1.29, 1.82) is 0 Å². The number of nitrogens with one attached hydrogen (secondary N) is 1. The highest BCUT2D eigenvalue weighted by Crippen LogP contribution is 2.22. The van der Waals surface area contributed by atoms with Crippen molar-refractivity contribution in [3.05, 3.63) is 73.6 Å². The molecule has 3 aromatic rings. The van der Waals surface area contributed by atoms with Crippen LogP contribution in [0.15, 0.2) is 46.2 Å². The van der Waals surface area contributed by atoms with Crippen LogP contribution >= 0.6 is 11.6 Å². The SMILES string of the molecule is CCCCn1c(N)c(N(CCC(C)C)C(=O)c2cnn(Cc3ccccc3Cl)c2)c(=O)[nH]c1=O. The Morgan fingerprint density at radius 3 is 2.68 bits per heavy atom. The Morgan fingerprint density at radius 1 is 1.26 bits per heavy atom. The third-order valence-corrected chi connectivity index (χ3v) is 5.93. The Kier molecular flexibility index (Phi) is 8.33. The van der Waals surface area contributed by atoms with Gasteiger partial charge < -0.3 is 10.6 Å². The summed E-state index contributed by atoms with van der Waals surface area (Å²) in [5.41, 5.74) is 6.18. The molecule has 3 rings (SSSR count). The van der Waals surface area contributed by atoms with Crippen LogP contribution < -0.4 is 21.9 Å². The number of rotatable bonds is 10. The molecule has 10 heteroatoms. The minimum atomic E-state index is -0.684. The Morgan fingerprint density at radius 2 is 2.00 bits per heavy atom. The molecule has 2 heterocycles. The second-order valence-corrected chi connectivity index (χ2v) is 9.06. The van der Waals surface area contributed by atoms with E-state index in [0.29, 0.717) is 36.5 Å². The number of carbonyl (C=O) groups is 1. The number of nitrogen functional groups attached to an aromatic ring is 1. The van der Waals surface area contributed by atoms with Gasteiger partial charge in [0, 0.05) is 24.3 Å². The summed E-state index contributed by atoms with van der Waals surface area (Å²) >= 11 is 6.25. The number of anilines is 2. The van der Waals surface area contributed by atoms with Crippen LogP contribution in [0.1, 0.15) is 56.0 Å². The number of H-pyrrole nitrogens is 1. The number of halogens is 1. The predicted octanol–water partition coefficient (Wildman–Crippen LogP) is 3.51. The first kappa shape index (κ1) is 25.3. The lowest BCUT2D eigenvalue weighted by atomic mass is 10.1. The molecule has 0 radical (unpaired) electrons. The minimum absolute atomic E-state index is 0.0113. The summed E-state index contributed by atoms with van der Waals surface area (Å²) in [5, 5.41) is 4.91. The van der Waals surface area contributed by atoms with E-state index < -0.39 is 17.2 Å². The van der Waals surface area contributed by atoms with Crippen molar-refractivity contribution < 1.29 is 4.79 Å². The maximum atomic E-state index is 13.6. The monoisotopic (exact) mass is 486 g/mol. The molecule has 1 aromatic carbocycles. The average Bonchev–Trinajstić information content (AvgIpc) is 3.25. The summed E-state index contributed by atoms with van der Waals surface area (Å²) in [6.45, 7) is 7.06. The lowest BCUT2D eigenvalue weighted by Gasteiger charge is -2.25. The van der Waals surface area contributed by atoms with Gasteiger partial charge in [0.1, 0.15) is 5.82 Å². The largest absolute Gasteiger partial charge is 0.383 e. The molecule has 0 spiro atoms. The summed E-state index contributed by atoms with van der Waals surface area (Å²) in [7, 11) is 0. The second kappa shape index (κ2) is 11.2. The van der Waals surface area contributed by atoms with E-state index in [1.54, 1.807) is 16.9 Å². The van der Waals surface area contributed by atoms with Crippen LogP contribution in [0.2, 0.25) is 5.02 Å².